The highest BCUT2D eigenvalue weighted by Crippen LogP contribution is 2.60. The number of fused-ring (bicyclic) bond motifs is 2. The Morgan fingerprint density at radius 3 is 2.79 bits per heavy atom. The van der Waals surface area contributed by atoms with E-state index in [1.54, 1.807) is 0 Å². The predicted octanol–water partition coefficient (Wildman–Crippen LogP) is 3.52. The van der Waals surface area contributed by atoms with Gasteiger partial charge < -0.3 is 15.0 Å². The molecule has 4 rings (SSSR count). The normalized spacial score (nSPS) is 28.2. The van der Waals surface area contributed by atoms with Crippen LogP contribution in [-0.4, -0.2) is 53.5 Å². The van der Waals surface area contributed by atoms with Gasteiger partial charge >= 0.3 is 0 Å². The number of ether oxygens (including phenoxy) is 1. The van der Waals surface area contributed by atoms with Gasteiger partial charge in [-0.25, -0.2) is 0 Å². The number of rotatable bonds is 4. The van der Waals surface area contributed by atoms with Crippen LogP contribution in [0, 0.1) is 11.3 Å². The van der Waals surface area contributed by atoms with E-state index in [-0.39, 0.29) is 24.0 Å². The molecule has 1 aromatic rings. The van der Waals surface area contributed by atoms with Gasteiger partial charge in [0.2, 0.25) is 0 Å². The maximum absolute atomic E-state index is 6.13. The summed E-state index contributed by atoms with van der Waals surface area (Å²) in [7, 11) is 6.03. The molecule has 2 heterocycles. The Labute approximate surface area is 186 Å². The molecule has 1 spiro atoms. The van der Waals surface area contributed by atoms with Crippen LogP contribution in [0.3, 0.4) is 0 Å². The van der Waals surface area contributed by atoms with Crippen LogP contribution in [0.25, 0.3) is 0 Å². The molecule has 1 aliphatic heterocycles. The van der Waals surface area contributed by atoms with Gasteiger partial charge in [0.05, 0.1) is 11.8 Å². The van der Waals surface area contributed by atoms with E-state index in [4.69, 9.17) is 4.74 Å². The fraction of sp³-hybridized carbons (Fsp3) is 0.810. The minimum absolute atomic E-state index is 0. The van der Waals surface area contributed by atoms with Crippen LogP contribution in [0.2, 0.25) is 0 Å². The predicted molar refractivity (Wildman–Crippen MR) is 123 cm³/mol. The lowest BCUT2D eigenvalue weighted by molar-refractivity contribution is -0.125. The SMILES string of the molecule is CN=C(NC1C2CCOC2C12CCCC2)N(C)Cc1cn(C)nc1C(C)C.I. The maximum Gasteiger partial charge on any atom is 0.193 e. The molecule has 0 radical (unpaired) electrons. The second-order valence-corrected chi connectivity index (χ2v) is 9.08. The van der Waals surface area contributed by atoms with Gasteiger partial charge in [-0.1, -0.05) is 26.7 Å². The molecule has 158 valence electrons. The fourth-order valence-corrected chi connectivity index (χ4v) is 5.88. The summed E-state index contributed by atoms with van der Waals surface area (Å²) in [5.41, 5.74) is 2.80. The van der Waals surface area contributed by atoms with E-state index in [1.165, 1.54) is 43.4 Å². The van der Waals surface area contributed by atoms with Crippen molar-refractivity contribution in [3.05, 3.63) is 17.5 Å². The summed E-state index contributed by atoms with van der Waals surface area (Å²) in [5, 5.41) is 8.50. The van der Waals surface area contributed by atoms with Crippen LogP contribution in [0.4, 0.5) is 0 Å². The van der Waals surface area contributed by atoms with Gasteiger partial charge in [0, 0.05) is 63.4 Å². The number of guanidine groups is 1. The third-order valence-corrected chi connectivity index (χ3v) is 7.04. The minimum atomic E-state index is 0. The summed E-state index contributed by atoms with van der Waals surface area (Å²) in [4.78, 5) is 6.86. The Kier molecular flexibility index (Phi) is 6.64. The van der Waals surface area contributed by atoms with E-state index in [0.29, 0.717) is 29.4 Å². The van der Waals surface area contributed by atoms with E-state index in [1.807, 2.05) is 18.8 Å². The number of nitrogens with one attached hydrogen (secondary N) is 1. The van der Waals surface area contributed by atoms with E-state index >= 15 is 0 Å². The van der Waals surface area contributed by atoms with Crippen molar-refractivity contribution in [2.75, 3.05) is 20.7 Å². The molecule has 3 fully saturated rings. The average molecular weight is 501 g/mol. The van der Waals surface area contributed by atoms with Gasteiger partial charge in [-0.3, -0.25) is 9.67 Å². The fourth-order valence-electron chi connectivity index (χ4n) is 5.88. The van der Waals surface area contributed by atoms with Crippen molar-refractivity contribution in [3.63, 3.8) is 0 Å². The van der Waals surface area contributed by atoms with Gasteiger partial charge in [0.1, 0.15) is 0 Å². The zero-order chi connectivity index (χ0) is 19.2. The van der Waals surface area contributed by atoms with Gasteiger partial charge in [-0.2, -0.15) is 5.10 Å². The lowest BCUT2D eigenvalue weighted by atomic mass is 9.54. The third kappa shape index (κ3) is 3.57. The van der Waals surface area contributed by atoms with Gasteiger partial charge in [-0.05, 0) is 25.2 Å². The van der Waals surface area contributed by atoms with Crippen LogP contribution in [0.5, 0.6) is 0 Å². The molecule has 0 aromatic carbocycles. The van der Waals surface area contributed by atoms with Crippen LogP contribution in [-0.2, 0) is 18.3 Å². The standard InChI is InChI=1S/C21H35N5O.HI/c1-14(2)17-15(13-26(5)24-17)12-25(4)20(22-3)23-18-16-8-11-27-19(16)21(18)9-6-7-10-21;/h13-14,16,18-19H,6-12H2,1-5H3,(H,22,23);1H. The second kappa shape index (κ2) is 8.50. The van der Waals surface area contributed by atoms with Crippen molar-refractivity contribution >= 4 is 29.9 Å². The third-order valence-electron chi connectivity index (χ3n) is 7.04. The van der Waals surface area contributed by atoms with Crippen molar-refractivity contribution in [1.82, 2.24) is 20.0 Å². The van der Waals surface area contributed by atoms with E-state index in [9.17, 15) is 0 Å². The topological polar surface area (TPSA) is 54.7 Å². The Hall–Kier alpha value is -0.830. The highest BCUT2D eigenvalue weighted by Gasteiger charge is 2.65. The monoisotopic (exact) mass is 501 g/mol. The van der Waals surface area contributed by atoms with Crippen molar-refractivity contribution in [1.29, 1.82) is 0 Å². The lowest BCUT2D eigenvalue weighted by Crippen LogP contribution is -2.69. The van der Waals surface area contributed by atoms with E-state index in [2.05, 4.69) is 47.4 Å². The first-order valence-corrected chi connectivity index (χ1v) is 10.5. The summed E-state index contributed by atoms with van der Waals surface area (Å²) in [6, 6.07) is 0.507. The van der Waals surface area contributed by atoms with Gasteiger partial charge in [-0.15, -0.1) is 24.0 Å². The highest BCUT2D eigenvalue weighted by atomic mass is 127. The van der Waals surface area contributed by atoms with Crippen LogP contribution in [0.1, 0.15) is 63.1 Å². The van der Waals surface area contributed by atoms with Crippen LogP contribution in [0.15, 0.2) is 11.2 Å². The van der Waals surface area contributed by atoms with Gasteiger partial charge in [0.25, 0.3) is 0 Å². The molecule has 0 bridgehead atoms. The quantitative estimate of drug-likeness (QED) is 0.390. The van der Waals surface area contributed by atoms with E-state index in [0.717, 1.165) is 19.1 Å². The minimum Gasteiger partial charge on any atom is -0.377 e. The summed E-state index contributed by atoms with van der Waals surface area (Å²) in [6.07, 6.45) is 9.08. The van der Waals surface area contributed by atoms with Crippen molar-refractivity contribution in [3.8, 4) is 0 Å². The Morgan fingerprint density at radius 2 is 2.14 bits per heavy atom. The smallest absolute Gasteiger partial charge is 0.193 e. The average Bonchev–Trinajstić information content (AvgIpc) is 3.34. The summed E-state index contributed by atoms with van der Waals surface area (Å²) < 4.78 is 8.06. The number of hydrogen-bond acceptors (Lipinski definition) is 3. The molecule has 1 N–H and O–H groups in total. The molecule has 7 heteroatoms. The first-order valence-electron chi connectivity index (χ1n) is 10.5. The number of nitrogens with zero attached hydrogens (tertiary/aromatic N) is 4. The van der Waals surface area contributed by atoms with E-state index < -0.39 is 0 Å². The summed E-state index contributed by atoms with van der Waals surface area (Å²) in [5.74, 6) is 2.07. The largest absolute Gasteiger partial charge is 0.377 e. The molecule has 1 saturated heterocycles. The summed E-state index contributed by atoms with van der Waals surface area (Å²) in [6.45, 7) is 6.16. The number of aromatic nitrogens is 2. The van der Waals surface area contributed by atoms with Crippen LogP contribution < -0.4 is 5.32 Å². The molecule has 0 amide bonds. The summed E-state index contributed by atoms with van der Waals surface area (Å²) >= 11 is 0. The Bertz CT molecular complexity index is 710. The molecule has 28 heavy (non-hydrogen) atoms. The zero-order valence-corrected chi connectivity index (χ0v) is 20.3. The first-order chi connectivity index (χ1) is 13.0. The molecule has 6 nitrogen and oxygen atoms in total. The number of aliphatic imine (C=N–C) groups is 1. The van der Waals surface area contributed by atoms with Crippen molar-refractivity contribution in [2.24, 2.45) is 23.4 Å². The molecule has 2 saturated carbocycles. The van der Waals surface area contributed by atoms with Gasteiger partial charge in [0.15, 0.2) is 5.96 Å². The first kappa shape index (κ1) is 21.9. The molecule has 1 aromatic heterocycles. The zero-order valence-electron chi connectivity index (χ0n) is 17.9. The Balaban J connectivity index is 0.00000225. The Morgan fingerprint density at radius 1 is 1.43 bits per heavy atom. The highest BCUT2D eigenvalue weighted by molar-refractivity contribution is 14.0. The van der Waals surface area contributed by atoms with Crippen molar-refractivity contribution in [2.45, 2.75) is 70.6 Å². The number of aryl methyl sites for hydroxylation is 1. The molecule has 3 unspecified atom stereocenters. The second-order valence-electron chi connectivity index (χ2n) is 9.08. The molecule has 3 atom stereocenters. The number of hydrogen-bond donors (Lipinski definition) is 1. The maximum atomic E-state index is 6.13. The van der Waals surface area contributed by atoms with Crippen LogP contribution >= 0.6 is 24.0 Å². The molecular weight excluding hydrogens is 465 g/mol. The molecule has 3 aliphatic rings. The molecular formula is C21H36IN5O. The molecule has 2 aliphatic carbocycles. The number of halogens is 1. The van der Waals surface area contributed by atoms with Crippen molar-refractivity contribution < 1.29 is 4.74 Å². The lowest BCUT2D eigenvalue weighted by Gasteiger charge is -2.57.